The summed E-state index contributed by atoms with van der Waals surface area (Å²) in [6, 6.07) is 10.2. The molecule has 0 aliphatic carbocycles. The number of ether oxygens (including phenoxy) is 1. The maximum atomic E-state index is 15.0. The number of halogens is 1. The predicted octanol–water partition coefficient (Wildman–Crippen LogP) is 6.19. The van der Waals surface area contributed by atoms with Crippen molar-refractivity contribution in [3.63, 3.8) is 0 Å². The van der Waals surface area contributed by atoms with Crippen molar-refractivity contribution >= 4 is 28.8 Å². The third kappa shape index (κ3) is 6.24. The largest absolute Gasteiger partial charge is 0.444 e. The van der Waals surface area contributed by atoms with Gasteiger partial charge in [-0.05, 0) is 63.3 Å². The summed E-state index contributed by atoms with van der Waals surface area (Å²) < 4.78 is 22.4. The Labute approximate surface area is 257 Å². The number of carbonyl (C=O) groups is 1. The molecule has 1 aromatic carbocycles. The molecule has 2 aliphatic rings. The molecular weight excluding hydrogens is 559 g/mol. The van der Waals surface area contributed by atoms with E-state index in [2.05, 4.69) is 45.2 Å². The van der Waals surface area contributed by atoms with Gasteiger partial charge in [-0.15, -0.1) is 0 Å². The lowest BCUT2D eigenvalue weighted by atomic mass is 9.98. The van der Waals surface area contributed by atoms with Gasteiger partial charge in [-0.1, -0.05) is 26.0 Å². The summed E-state index contributed by atoms with van der Waals surface area (Å²) in [7, 11) is 1.93. The molecule has 0 unspecified atom stereocenters. The van der Waals surface area contributed by atoms with E-state index >= 15 is 0 Å². The summed E-state index contributed by atoms with van der Waals surface area (Å²) >= 11 is 0. The van der Waals surface area contributed by atoms with Crippen LogP contribution in [0, 0.1) is 5.82 Å². The molecule has 1 saturated heterocycles. The highest BCUT2D eigenvalue weighted by atomic mass is 19.1. The number of amides is 1. The molecule has 0 radical (unpaired) electrons. The highest BCUT2D eigenvalue weighted by molar-refractivity contribution is 5.87. The Kier molecular flexibility index (Phi) is 8.00. The molecule has 1 N–H and O–H groups in total. The minimum atomic E-state index is -0.486. The van der Waals surface area contributed by atoms with Gasteiger partial charge in [0.1, 0.15) is 17.1 Å². The number of aromatic nitrogens is 5. The summed E-state index contributed by atoms with van der Waals surface area (Å²) in [6.07, 6.45) is 3.66. The van der Waals surface area contributed by atoms with Crippen LogP contribution in [0.5, 0.6) is 0 Å². The Balaban J connectivity index is 1.12. The molecule has 1 amide bonds. The zero-order valence-electron chi connectivity index (χ0n) is 26.4. The fourth-order valence-electron chi connectivity index (χ4n) is 6.35. The maximum absolute atomic E-state index is 15.0. The number of hydrogen-bond donors (Lipinski definition) is 1. The second-order valence-electron chi connectivity index (χ2n) is 13.1. The normalized spacial score (nSPS) is 16.4. The molecule has 1 fully saturated rings. The number of piperidine rings is 1. The van der Waals surface area contributed by atoms with Gasteiger partial charge < -0.3 is 15.0 Å². The third-order valence-corrected chi connectivity index (χ3v) is 8.39. The van der Waals surface area contributed by atoms with E-state index in [0.29, 0.717) is 36.5 Å². The van der Waals surface area contributed by atoms with Crippen molar-refractivity contribution in [3.05, 3.63) is 59.3 Å². The molecule has 5 heterocycles. The number of fused-ring (bicyclic) bond motifs is 2. The molecule has 11 heteroatoms. The Morgan fingerprint density at radius 2 is 1.86 bits per heavy atom. The van der Waals surface area contributed by atoms with E-state index in [9.17, 15) is 9.18 Å². The van der Waals surface area contributed by atoms with Crippen LogP contribution in [0.4, 0.5) is 21.0 Å². The van der Waals surface area contributed by atoms with Crippen molar-refractivity contribution in [3.8, 4) is 11.3 Å². The van der Waals surface area contributed by atoms with Gasteiger partial charge in [0.25, 0.3) is 0 Å². The van der Waals surface area contributed by atoms with Gasteiger partial charge >= 0.3 is 6.09 Å². The minimum Gasteiger partial charge on any atom is -0.444 e. The van der Waals surface area contributed by atoms with E-state index < -0.39 is 11.4 Å². The van der Waals surface area contributed by atoms with Crippen molar-refractivity contribution in [2.75, 3.05) is 25.0 Å². The number of benzene rings is 1. The van der Waals surface area contributed by atoms with Crippen LogP contribution in [-0.2, 0) is 24.8 Å². The summed E-state index contributed by atoms with van der Waals surface area (Å²) in [5.74, 6) is 0.705. The molecular formula is C33H41FN8O2. The van der Waals surface area contributed by atoms with E-state index in [1.807, 2.05) is 61.7 Å². The average Bonchev–Trinajstić information content (AvgIpc) is 3.32. The topological polar surface area (TPSA) is 101 Å². The average molecular weight is 601 g/mol. The number of aryl methyl sites for hydroxylation is 1. The first-order valence-electron chi connectivity index (χ1n) is 15.4. The fourth-order valence-corrected chi connectivity index (χ4v) is 6.35. The second-order valence-corrected chi connectivity index (χ2v) is 13.1. The summed E-state index contributed by atoms with van der Waals surface area (Å²) in [4.78, 5) is 30.4. The van der Waals surface area contributed by atoms with E-state index in [1.54, 1.807) is 0 Å². The van der Waals surface area contributed by atoms with Crippen molar-refractivity contribution in [2.45, 2.75) is 78.0 Å². The zero-order chi connectivity index (χ0) is 31.2. The molecule has 2 aliphatic heterocycles. The highest BCUT2D eigenvalue weighted by Crippen LogP contribution is 2.31. The number of anilines is 2. The first-order valence-corrected chi connectivity index (χ1v) is 15.4. The minimum absolute atomic E-state index is 0.226. The Morgan fingerprint density at radius 1 is 1.09 bits per heavy atom. The van der Waals surface area contributed by atoms with Crippen LogP contribution < -0.4 is 5.32 Å². The monoisotopic (exact) mass is 600 g/mol. The van der Waals surface area contributed by atoms with Crippen LogP contribution in [0.25, 0.3) is 22.2 Å². The van der Waals surface area contributed by atoms with Crippen LogP contribution in [0.2, 0.25) is 0 Å². The number of pyridine rings is 1. The third-order valence-electron chi connectivity index (χ3n) is 8.39. The molecule has 10 nitrogen and oxygen atoms in total. The molecule has 44 heavy (non-hydrogen) atoms. The molecule has 0 spiro atoms. The van der Waals surface area contributed by atoms with Crippen LogP contribution in [0.3, 0.4) is 0 Å². The lowest BCUT2D eigenvalue weighted by Gasteiger charge is -2.40. The van der Waals surface area contributed by atoms with Gasteiger partial charge in [0, 0.05) is 68.0 Å². The van der Waals surface area contributed by atoms with Crippen molar-refractivity contribution in [1.82, 2.24) is 34.5 Å². The zero-order valence-corrected chi connectivity index (χ0v) is 26.4. The predicted molar refractivity (Wildman–Crippen MR) is 168 cm³/mol. The smallest absolute Gasteiger partial charge is 0.410 e. The first kappa shape index (κ1) is 29.9. The highest BCUT2D eigenvalue weighted by Gasteiger charge is 2.31. The van der Waals surface area contributed by atoms with E-state index in [1.165, 1.54) is 11.8 Å². The molecule has 6 rings (SSSR count). The first-order chi connectivity index (χ1) is 20.9. The van der Waals surface area contributed by atoms with Gasteiger partial charge in [-0.3, -0.25) is 9.58 Å². The SMILES string of the molecule is CC(C)c1c2cc(-c3nc(Nc4ccc5c(n4)CCN(C4CCN(C(=O)OC(C)(C)C)CC4)C5)ncc3F)ccc2nn1C. The number of nitrogens with one attached hydrogen (secondary N) is 1. The van der Waals surface area contributed by atoms with E-state index in [4.69, 9.17) is 9.72 Å². The van der Waals surface area contributed by atoms with Crippen molar-refractivity contribution < 1.29 is 13.9 Å². The number of nitrogens with zero attached hydrogens (tertiary/aromatic N) is 7. The Bertz CT molecular complexity index is 1690. The quantitative estimate of drug-likeness (QED) is 0.290. The lowest BCUT2D eigenvalue weighted by molar-refractivity contribution is 0.0133. The van der Waals surface area contributed by atoms with Gasteiger partial charge in [0.2, 0.25) is 5.95 Å². The number of likely N-dealkylation sites (tertiary alicyclic amines) is 1. The molecule has 0 saturated carbocycles. The Hall–Kier alpha value is -4.12. The van der Waals surface area contributed by atoms with Crippen LogP contribution in [0.15, 0.2) is 36.5 Å². The van der Waals surface area contributed by atoms with Crippen LogP contribution >= 0.6 is 0 Å². The summed E-state index contributed by atoms with van der Waals surface area (Å²) in [5, 5.41) is 8.78. The molecule has 4 aromatic rings. The van der Waals surface area contributed by atoms with E-state index in [-0.39, 0.29) is 17.7 Å². The molecule has 0 bridgehead atoms. The number of hydrogen-bond acceptors (Lipinski definition) is 8. The van der Waals surface area contributed by atoms with Crippen molar-refractivity contribution in [1.29, 1.82) is 0 Å². The Morgan fingerprint density at radius 3 is 2.59 bits per heavy atom. The molecule has 3 aromatic heterocycles. The summed E-state index contributed by atoms with van der Waals surface area (Å²) in [6.45, 7) is 13.1. The van der Waals surface area contributed by atoms with Gasteiger partial charge in [-0.2, -0.15) is 5.10 Å². The van der Waals surface area contributed by atoms with Crippen molar-refractivity contribution in [2.24, 2.45) is 7.05 Å². The van der Waals surface area contributed by atoms with E-state index in [0.717, 1.165) is 54.6 Å². The van der Waals surface area contributed by atoms with Gasteiger partial charge in [-0.25, -0.2) is 24.1 Å². The number of rotatable bonds is 5. The van der Waals surface area contributed by atoms with Gasteiger partial charge in [0.05, 0.1) is 11.7 Å². The second kappa shape index (κ2) is 11.8. The maximum Gasteiger partial charge on any atom is 0.410 e. The van der Waals surface area contributed by atoms with Gasteiger partial charge in [0.15, 0.2) is 5.82 Å². The van der Waals surface area contributed by atoms with Crippen LogP contribution in [-0.4, -0.2) is 71.9 Å². The fraction of sp³-hybridized carbons (Fsp3) is 0.485. The summed E-state index contributed by atoms with van der Waals surface area (Å²) in [5.41, 5.74) is 4.63. The standard InChI is InChI=1S/C33H41FN8O2/c1-20(2)30-24-17-21(7-9-27(24)39-40(30)6)29-25(34)18-35-31(38-29)37-28-10-8-22-19-42(16-13-26(22)36-28)23-11-14-41(15-12-23)32(43)44-33(3,4)5/h7-10,17-18,20,23H,11-16,19H2,1-6H3,(H,35,36,37,38). The van der Waals surface area contributed by atoms with Crippen LogP contribution in [0.1, 0.15) is 70.3 Å². The molecule has 0 atom stereocenters. The lowest BCUT2D eigenvalue weighted by Crippen LogP contribution is -2.49. The molecule has 232 valence electrons. The number of carbonyl (C=O) groups excluding carboxylic acids is 1.